The topological polar surface area (TPSA) is 12.0 Å². The van der Waals surface area contributed by atoms with Gasteiger partial charge in [-0.3, -0.25) is 0 Å². The predicted molar refractivity (Wildman–Crippen MR) is 72.1 cm³/mol. The van der Waals surface area contributed by atoms with E-state index in [1.165, 1.54) is 30.5 Å². The quantitative estimate of drug-likeness (QED) is 0.855. The SMILES string of the molecule is Fc1ccc(NCc2ccc(C3CC3)cc2)cc1F. The summed E-state index contributed by atoms with van der Waals surface area (Å²) >= 11 is 0. The van der Waals surface area contributed by atoms with Crippen LogP contribution >= 0.6 is 0 Å². The van der Waals surface area contributed by atoms with Crippen molar-refractivity contribution in [1.82, 2.24) is 0 Å². The molecular formula is C16H15F2N. The molecule has 0 spiro atoms. The molecule has 0 atom stereocenters. The van der Waals surface area contributed by atoms with Crippen molar-refractivity contribution in [3.8, 4) is 0 Å². The lowest BCUT2D eigenvalue weighted by Crippen LogP contribution is -2.00. The van der Waals surface area contributed by atoms with E-state index >= 15 is 0 Å². The van der Waals surface area contributed by atoms with Gasteiger partial charge in [-0.1, -0.05) is 24.3 Å². The van der Waals surface area contributed by atoms with Gasteiger partial charge in [-0.05, 0) is 42.0 Å². The van der Waals surface area contributed by atoms with Crippen molar-refractivity contribution in [2.24, 2.45) is 0 Å². The monoisotopic (exact) mass is 259 g/mol. The van der Waals surface area contributed by atoms with Crippen molar-refractivity contribution in [2.45, 2.75) is 25.3 Å². The van der Waals surface area contributed by atoms with Crippen LogP contribution in [0.1, 0.15) is 29.9 Å². The highest BCUT2D eigenvalue weighted by Gasteiger charge is 2.22. The van der Waals surface area contributed by atoms with Crippen LogP contribution in [0.25, 0.3) is 0 Å². The molecular weight excluding hydrogens is 244 g/mol. The smallest absolute Gasteiger partial charge is 0.160 e. The third kappa shape index (κ3) is 2.92. The molecule has 1 aliphatic rings. The second-order valence-electron chi connectivity index (χ2n) is 5.00. The number of nitrogens with one attached hydrogen (secondary N) is 1. The van der Waals surface area contributed by atoms with E-state index in [2.05, 4.69) is 29.6 Å². The first-order chi connectivity index (χ1) is 9.22. The molecule has 0 aliphatic heterocycles. The molecule has 2 aromatic rings. The molecule has 0 aromatic heterocycles. The van der Waals surface area contributed by atoms with Gasteiger partial charge in [-0.2, -0.15) is 0 Å². The van der Waals surface area contributed by atoms with Gasteiger partial charge in [-0.15, -0.1) is 0 Å². The van der Waals surface area contributed by atoms with Gasteiger partial charge in [0.15, 0.2) is 11.6 Å². The molecule has 19 heavy (non-hydrogen) atoms. The standard InChI is InChI=1S/C16H15F2N/c17-15-8-7-14(9-16(15)18)19-10-11-1-3-12(4-2-11)13-5-6-13/h1-4,7-9,13,19H,5-6,10H2. The fourth-order valence-corrected chi connectivity index (χ4v) is 2.13. The van der Waals surface area contributed by atoms with Crippen molar-refractivity contribution in [3.63, 3.8) is 0 Å². The number of hydrogen-bond acceptors (Lipinski definition) is 1. The summed E-state index contributed by atoms with van der Waals surface area (Å²) in [6.45, 7) is 0.607. The van der Waals surface area contributed by atoms with E-state index < -0.39 is 11.6 Å². The lowest BCUT2D eigenvalue weighted by molar-refractivity contribution is 0.509. The normalized spacial score (nSPS) is 14.4. The zero-order chi connectivity index (χ0) is 13.2. The minimum atomic E-state index is -0.825. The number of halogens is 2. The molecule has 1 N–H and O–H groups in total. The van der Waals surface area contributed by atoms with E-state index in [0.29, 0.717) is 12.2 Å². The summed E-state index contributed by atoms with van der Waals surface area (Å²) in [5, 5.41) is 3.09. The molecule has 0 amide bonds. The van der Waals surface area contributed by atoms with Crippen LogP contribution < -0.4 is 5.32 Å². The van der Waals surface area contributed by atoms with Crippen molar-refractivity contribution < 1.29 is 8.78 Å². The first-order valence-electron chi connectivity index (χ1n) is 6.50. The second kappa shape index (κ2) is 5.00. The Labute approximate surface area is 111 Å². The first-order valence-corrected chi connectivity index (χ1v) is 6.50. The lowest BCUT2D eigenvalue weighted by atomic mass is 10.1. The van der Waals surface area contributed by atoms with Gasteiger partial charge < -0.3 is 5.32 Å². The Bertz CT molecular complexity index is 574. The number of anilines is 1. The highest BCUT2D eigenvalue weighted by atomic mass is 19.2. The molecule has 1 fully saturated rings. The van der Waals surface area contributed by atoms with Gasteiger partial charge in [0.2, 0.25) is 0 Å². The minimum absolute atomic E-state index is 0.588. The lowest BCUT2D eigenvalue weighted by Gasteiger charge is -2.07. The van der Waals surface area contributed by atoms with Crippen LogP contribution in [0.4, 0.5) is 14.5 Å². The van der Waals surface area contributed by atoms with Gasteiger partial charge >= 0.3 is 0 Å². The Morgan fingerprint density at radius 2 is 1.68 bits per heavy atom. The summed E-state index contributed by atoms with van der Waals surface area (Å²) in [5.74, 6) is -0.887. The molecule has 1 nitrogen and oxygen atoms in total. The molecule has 1 saturated carbocycles. The van der Waals surface area contributed by atoms with Gasteiger partial charge in [0.25, 0.3) is 0 Å². The summed E-state index contributed by atoms with van der Waals surface area (Å²) in [6, 6.07) is 12.3. The molecule has 3 rings (SSSR count). The molecule has 98 valence electrons. The first kappa shape index (κ1) is 12.2. The van der Waals surface area contributed by atoms with Gasteiger partial charge in [0, 0.05) is 18.3 Å². The van der Waals surface area contributed by atoms with Crippen LogP contribution in [0, 0.1) is 11.6 Å². The molecule has 0 unspecified atom stereocenters. The van der Waals surface area contributed by atoms with Gasteiger partial charge in [-0.25, -0.2) is 8.78 Å². The Balaban J connectivity index is 1.63. The van der Waals surface area contributed by atoms with E-state index in [1.807, 2.05) is 0 Å². The van der Waals surface area contributed by atoms with E-state index in [9.17, 15) is 8.78 Å². The van der Waals surface area contributed by atoms with E-state index in [1.54, 1.807) is 0 Å². The average molecular weight is 259 g/mol. The van der Waals surface area contributed by atoms with E-state index in [4.69, 9.17) is 0 Å². The summed E-state index contributed by atoms with van der Waals surface area (Å²) in [6.07, 6.45) is 2.60. The highest BCUT2D eigenvalue weighted by Crippen LogP contribution is 2.39. The van der Waals surface area contributed by atoms with Crippen LogP contribution in [0.3, 0.4) is 0 Å². The van der Waals surface area contributed by atoms with E-state index in [0.717, 1.165) is 17.5 Å². The number of rotatable bonds is 4. The maximum atomic E-state index is 13.0. The maximum absolute atomic E-state index is 13.0. The molecule has 2 aromatic carbocycles. The minimum Gasteiger partial charge on any atom is -0.381 e. The Morgan fingerprint density at radius 1 is 0.947 bits per heavy atom. The third-order valence-corrected chi connectivity index (χ3v) is 3.44. The van der Waals surface area contributed by atoms with Crippen molar-refractivity contribution in [3.05, 3.63) is 65.2 Å². The van der Waals surface area contributed by atoms with Crippen LogP contribution in [0.15, 0.2) is 42.5 Å². The Morgan fingerprint density at radius 3 is 2.32 bits per heavy atom. The zero-order valence-electron chi connectivity index (χ0n) is 10.5. The fourth-order valence-electron chi connectivity index (χ4n) is 2.13. The van der Waals surface area contributed by atoms with Crippen LogP contribution in [0.5, 0.6) is 0 Å². The highest BCUT2D eigenvalue weighted by molar-refractivity contribution is 5.44. The number of hydrogen-bond donors (Lipinski definition) is 1. The number of benzene rings is 2. The van der Waals surface area contributed by atoms with Crippen molar-refractivity contribution in [2.75, 3.05) is 5.32 Å². The second-order valence-corrected chi connectivity index (χ2v) is 5.00. The average Bonchev–Trinajstić information content (AvgIpc) is 3.25. The summed E-state index contributed by atoms with van der Waals surface area (Å²) in [7, 11) is 0. The predicted octanol–water partition coefficient (Wildman–Crippen LogP) is 4.45. The Kier molecular flexibility index (Phi) is 3.20. The van der Waals surface area contributed by atoms with Crippen LogP contribution in [-0.4, -0.2) is 0 Å². The molecule has 0 heterocycles. The molecule has 3 heteroatoms. The van der Waals surface area contributed by atoms with Crippen molar-refractivity contribution in [1.29, 1.82) is 0 Å². The Hall–Kier alpha value is -1.90. The summed E-state index contributed by atoms with van der Waals surface area (Å²) in [5.41, 5.74) is 3.12. The van der Waals surface area contributed by atoms with E-state index in [-0.39, 0.29) is 0 Å². The van der Waals surface area contributed by atoms with Crippen LogP contribution in [-0.2, 0) is 6.54 Å². The molecule has 0 bridgehead atoms. The summed E-state index contributed by atoms with van der Waals surface area (Å²) < 4.78 is 25.8. The van der Waals surface area contributed by atoms with Gasteiger partial charge in [0.05, 0.1) is 0 Å². The van der Waals surface area contributed by atoms with Gasteiger partial charge in [0.1, 0.15) is 0 Å². The zero-order valence-corrected chi connectivity index (χ0v) is 10.5. The van der Waals surface area contributed by atoms with Crippen molar-refractivity contribution >= 4 is 5.69 Å². The van der Waals surface area contributed by atoms with Crippen LogP contribution in [0.2, 0.25) is 0 Å². The molecule has 1 aliphatic carbocycles. The molecule has 0 saturated heterocycles. The fraction of sp³-hybridized carbons (Fsp3) is 0.250. The third-order valence-electron chi connectivity index (χ3n) is 3.44. The summed E-state index contributed by atoms with van der Waals surface area (Å²) in [4.78, 5) is 0. The largest absolute Gasteiger partial charge is 0.381 e. The molecule has 0 radical (unpaired) electrons. The maximum Gasteiger partial charge on any atom is 0.160 e.